The van der Waals surface area contributed by atoms with Crippen molar-refractivity contribution in [2.24, 2.45) is 0 Å². The smallest absolute Gasteiger partial charge is 0.155 e. The molecule has 0 saturated heterocycles. The fraction of sp³-hybridized carbons (Fsp3) is 0.0935. The average molecular weight is 2830 g/mol. The first kappa shape index (κ1) is 117. The summed E-state index contributed by atoms with van der Waals surface area (Å²) in [7, 11) is 0. The molecule has 0 atom stereocenters. The van der Waals surface area contributed by atoms with Gasteiger partial charge in [-0.25, -0.2) is 11.3 Å². The molecule has 17 nitrogen and oxygen atoms in total. The maximum absolute atomic E-state index is 10.0. The number of rotatable bonds is 11. The second-order valence-corrected chi connectivity index (χ2v) is 28.0. The molecule has 0 amide bonds. The number of pyridine rings is 5. The number of hydrogen-bond acceptors (Lipinski definition) is 18. The maximum atomic E-state index is 10.0. The Morgan fingerprint density at radius 2 is 0.695 bits per heavy atom. The molecule has 0 aliphatic heterocycles. The second kappa shape index (κ2) is 65.6. The molecule has 17 rings (SSSR count). The van der Waals surface area contributed by atoms with E-state index in [0.29, 0.717) is 5.89 Å². The van der Waals surface area contributed by atoms with Crippen molar-refractivity contribution in [1.82, 2.24) is 29.9 Å². The number of thiophene rings is 1. The summed E-state index contributed by atoms with van der Waals surface area (Å²) in [6.45, 7) is 14.2. The van der Waals surface area contributed by atoms with Crippen molar-refractivity contribution < 1.29 is 175 Å². The first-order valence-corrected chi connectivity index (χ1v) is 40.0. The molecule has 0 aliphatic carbocycles. The molecule has 17 aromatic rings. The van der Waals surface area contributed by atoms with Crippen molar-refractivity contribution >= 4 is 93.9 Å². The summed E-state index contributed by atoms with van der Waals surface area (Å²) < 4.78 is 6.87. The Morgan fingerprint density at radius 1 is 0.305 bits per heavy atom. The van der Waals surface area contributed by atoms with Gasteiger partial charge in [0.1, 0.15) is 11.5 Å². The molecule has 0 fully saturated rings. The number of benzene rings is 10. The van der Waals surface area contributed by atoms with E-state index in [1.54, 1.807) is 17.5 Å². The van der Waals surface area contributed by atoms with E-state index in [-0.39, 0.29) is 178 Å². The van der Waals surface area contributed by atoms with Crippen LogP contribution >= 0.6 is 11.3 Å². The molecule has 5 N–H and O–H groups in total. The van der Waals surface area contributed by atoms with E-state index in [0.717, 1.165) is 77.8 Å². The number of ketones is 5. The number of carbonyl (C=O) groups is 5. The molecule has 0 unspecified atom stereocenters. The number of allylic oxidation sites excluding steroid dienone is 10. The van der Waals surface area contributed by atoms with Gasteiger partial charge in [0.15, 0.2) is 28.9 Å². The van der Waals surface area contributed by atoms with Crippen LogP contribution in [-0.4, -0.2) is 84.4 Å². The van der Waals surface area contributed by atoms with E-state index >= 15 is 0 Å². The van der Waals surface area contributed by atoms with Crippen molar-refractivity contribution in [2.75, 3.05) is 0 Å². The number of hydrogen-bond donors (Lipinski definition) is 5. The Kier molecular flexibility index (Phi) is 58.7. The zero-order valence-electron chi connectivity index (χ0n) is 72.8. The van der Waals surface area contributed by atoms with Crippen molar-refractivity contribution in [1.29, 1.82) is 0 Å². The molecule has 131 heavy (non-hydrogen) atoms. The number of nitrogens with zero attached hydrogens (tertiary/aromatic N) is 6. The Bertz CT molecular complexity index is 5890. The zero-order chi connectivity index (χ0) is 90.1. The van der Waals surface area contributed by atoms with Crippen molar-refractivity contribution in [3.05, 3.63) is 424 Å². The minimum absolute atomic E-state index is 0. The van der Waals surface area contributed by atoms with Gasteiger partial charge < -0.3 is 49.9 Å². The molecule has 0 aliphatic rings. The third-order valence-electron chi connectivity index (χ3n) is 16.1. The number of para-hydroxylation sites is 3. The fourth-order valence-corrected chi connectivity index (χ4v) is 12.1. The van der Waals surface area contributed by atoms with Gasteiger partial charge in [-0.2, -0.15) is 0 Å². The van der Waals surface area contributed by atoms with Crippen LogP contribution in [0, 0.1) is 36.4 Å². The van der Waals surface area contributed by atoms with Gasteiger partial charge in [0, 0.05) is 181 Å². The first-order chi connectivity index (χ1) is 60.3. The van der Waals surface area contributed by atoms with E-state index in [4.69, 9.17) is 29.9 Å². The molecule has 6 radical (unpaired) electrons. The third-order valence-corrected chi connectivity index (χ3v) is 17.1. The Labute approximate surface area is 850 Å². The summed E-state index contributed by atoms with van der Waals surface area (Å²) in [6, 6.07) is 119. The Hall–Kier alpha value is -11.9. The molecular formula is C107H94Ir6N6O11S-6. The van der Waals surface area contributed by atoms with E-state index < -0.39 is 0 Å². The summed E-state index contributed by atoms with van der Waals surface area (Å²) in [6.07, 6.45) is 13.1. The molecule has 0 saturated carbocycles. The van der Waals surface area contributed by atoms with Crippen LogP contribution in [0.15, 0.2) is 392 Å². The predicted molar refractivity (Wildman–Crippen MR) is 504 cm³/mol. The molecule has 684 valence electrons. The monoisotopic (exact) mass is 2830 g/mol. The predicted octanol–water partition coefficient (Wildman–Crippen LogP) is 25.9. The Morgan fingerprint density at radius 3 is 1.14 bits per heavy atom. The van der Waals surface area contributed by atoms with Crippen LogP contribution in [0.25, 0.3) is 121 Å². The van der Waals surface area contributed by atoms with Crippen LogP contribution in [0.2, 0.25) is 0 Å². The second-order valence-electron chi connectivity index (χ2n) is 27.0. The SMILES string of the molecule is CC(=O)C=C(C)O.CC(=O)C=C(C)O.CC(=O)C=C(C)O.CC(=O)C=C(C)O.CC(=O)C=C(C)O.[Ir].[Ir].[Ir].[Ir].[Ir].[Ir].[c-]1c(-c2ccccn2)sc2ccccc12.[c-]1ccc2ccccc2c1-c1ccccn1.[c-]1ccccc1-c1ccc2ccccc2n1.[c-]1ccccc1-c1ccccn1.[c-]1ccccc1-c1nc2ccccc2o1.[c-]1ccccc1-c1nccc2ccccc12. The van der Waals surface area contributed by atoms with Crippen LogP contribution in [0.5, 0.6) is 0 Å². The van der Waals surface area contributed by atoms with Gasteiger partial charge in [0.2, 0.25) is 0 Å². The van der Waals surface area contributed by atoms with Crippen LogP contribution in [-0.2, 0) is 145 Å². The van der Waals surface area contributed by atoms with Crippen molar-refractivity contribution in [3.63, 3.8) is 0 Å². The number of aliphatic hydroxyl groups excluding tert-OH is 5. The van der Waals surface area contributed by atoms with Gasteiger partial charge in [0.05, 0.1) is 39.8 Å². The summed E-state index contributed by atoms with van der Waals surface area (Å²) in [5.41, 5.74) is 12.7. The van der Waals surface area contributed by atoms with E-state index in [1.807, 2.05) is 261 Å². The van der Waals surface area contributed by atoms with Gasteiger partial charge in [-0.3, -0.25) is 33.9 Å². The Balaban J connectivity index is 0.000000730. The fourth-order valence-electron chi connectivity index (χ4n) is 11.1. The topological polar surface area (TPSA) is 277 Å². The molecular weight excluding hydrogens is 2730 g/mol. The molecule has 7 aromatic heterocycles. The van der Waals surface area contributed by atoms with Gasteiger partial charge in [0.25, 0.3) is 0 Å². The number of aliphatic hydroxyl groups is 5. The van der Waals surface area contributed by atoms with Gasteiger partial charge in [-0.1, -0.05) is 150 Å². The van der Waals surface area contributed by atoms with Gasteiger partial charge in [-0.05, 0) is 160 Å². The quantitative estimate of drug-likeness (QED) is 0.0457. The van der Waals surface area contributed by atoms with Gasteiger partial charge in [-0.15, -0.1) is 191 Å². The molecule has 7 heterocycles. The normalized spacial score (nSPS) is 10.2. The van der Waals surface area contributed by atoms with Crippen LogP contribution in [0.4, 0.5) is 0 Å². The van der Waals surface area contributed by atoms with Gasteiger partial charge >= 0.3 is 0 Å². The minimum atomic E-state index is -0.125. The van der Waals surface area contributed by atoms with Crippen LogP contribution < -0.4 is 0 Å². The third kappa shape index (κ3) is 45.0. The summed E-state index contributed by atoms with van der Waals surface area (Å²) >= 11 is 1.73. The number of carbonyl (C=O) groups excluding carboxylic acids is 5. The average Bonchev–Trinajstić information content (AvgIpc) is 1.59. The number of fused-ring (bicyclic) bond motifs is 5. The molecule has 0 bridgehead atoms. The summed E-state index contributed by atoms with van der Waals surface area (Å²) in [5, 5.41) is 49.0. The first-order valence-electron chi connectivity index (χ1n) is 39.2. The standard InChI is InChI=1S/3C15H10N.C13H8NO.C13H8NS.C11H8N.5C5H8O2.6Ir/c1-2-8-13-12(6-1)7-5-9-14(13)15-10-3-4-11-16-15;1-2-7-13(8-3-1)15-14-9-5-4-6-12(14)10-11-16-15;1-2-6-12(7-3-1)15-11-10-13-8-4-5-9-14(13)16-15;1-2-6-10(7-3-1)13-14-11-8-4-5-9-12(11)15-13;1-2-7-12-10(5-1)9-13(15-12)11-6-3-4-8-14-11;1-2-6-10(7-3-1)11-8-4-5-9-12-11;5*1-4(6)3-5(2)7;;;;;;/h1-8,10-11H;1-7,9-11H;1-6,8-11H;1-6,8-9H;1-8H;1-6,8-9H;5*3,6H,1-2H3;;;;;;/q6*-1;;;;;;;;;;;. The molecule has 0 spiro atoms. The summed E-state index contributed by atoms with van der Waals surface area (Å²) in [5.74, 6) is 0.310. The van der Waals surface area contributed by atoms with E-state index in [2.05, 4.69) is 127 Å². The van der Waals surface area contributed by atoms with Crippen molar-refractivity contribution in [2.45, 2.75) is 69.2 Å². The largest absolute Gasteiger partial charge is 0.512 e. The molecule has 10 aromatic carbocycles. The number of aromatic nitrogens is 6. The van der Waals surface area contributed by atoms with E-state index in [1.165, 1.54) is 137 Å². The van der Waals surface area contributed by atoms with Crippen LogP contribution in [0.1, 0.15) is 69.2 Å². The summed E-state index contributed by atoms with van der Waals surface area (Å²) in [4.78, 5) is 77.6. The molecule has 24 heteroatoms. The van der Waals surface area contributed by atoms with Crippen molar-refractivity contribution in [3.8, 4) is 67.1 Å². The van der Waals surface area contributed by atoms with E-state index in [9.17, 15) is 24.0 Å². The number of oxazole rings is 1. The minimum Gasteiger partial charge on any atom is -0.512 e. The van der Waals surface area contributed by atoms with Crippen LogP contribution in [0.3, 0.4) is 0 Å². The maximum Gasteiger partial charge on any atom is 0.155 e. The zero-order valence-corrected chi connectivity index (χ0v) is 88.0.